The van der Waals surface area contributed by atoms with Crippen LogP contribution in [0.5, 0.6) is 6.01 Å². The number of ether oxygens (including phenoxy) is 1. The van der Waals surface area contributed by atoms with Crippen LogP contribution in [0.3, 0.4) is 0 Å². The van der Waals surface area contributed by atoms with E-state index in [2.05, 4.69) is 20.2 Å². The molecule has 2 aromatic heterocycles. The number of rotatable bonds is 6. The summed E-state index contributed by atoms with van der Waals surface area (Å²) in [5.41, 5.74) is 2.59. The van der Waals surface area contributed by atoms with Gasteiger partial charge in [-0.3, -0.25) is 14.1 Å². The number of carbonyl (C=O) groups excluding carboxylic acids is 1. The molecule has 0 aliphatic carbocycles. The molecule has 3 saturated heterocycles. The molecule has 3 unspecified atom stereocenters. The third-order valence-electron chi connectivity index (χ3n) is 9.47. The molecule has 53 heavy (non-hydrogen) atoms. The number of hydrogen-bond donors (Lipinski definition) is 2. The van der Waals surface area contributed by atoms with Crippen LogP contribution in [-0.2, 0) is 11.0 Å². The van der Waals surface area contributed by atoms with Crippen LogP contribution in [0.4, 0.5) is 41.6 Å². The average Bonchev–Trinajstić information content (AvgIpc) is 3.94. The zero-order chi connectivity index (χ0) is 38.6. The van der Waals surface area contributed by atoms with E-state index in [-0.39, 0.29) is 55.9 Å². The summed E-state index contributed by atoms with van der Waals surface area (Å²) in [7, 11) is 1.23. The number of nitrogen functional groups attached to an aromatic ring is 1. The third kappa shape index (κ3) is 8.38. The summed E-state index contributed by atoms with van der Waals surface area (Å²) in [4.78, 5) is 23.2. The van der Waals surface area contributed by atoms with Crippen molar-refractivity contribution in [2.45, 2.75) is 64.3 Å². The Balaban J connectivity index is 0.000000217. The molecule has 286 valence electrons. The number of nitriles is 1. The molecular weight excluding hydrogens is 727 g/mol. The molecule has 0 saturated carbocycles. The van der Waals surface area contributed by atoms with Crippen LogP contribution >= 0.6 is 11.3 Å². The van der Waals surface area contributed by atoms with E-state index in [1.54, 1.807) is 24.8 Å². The van der Waals surface area contributed by atoms with Gasteiger partial charge in [-0.15, -0.1) is 11.3 Å². The first-order valence-corrected chi connectivity index (χ1v) is 18.1. The molecule has 2 aromatic carbocycles. The molecule has 3 atom stereocenters. The van der Waals surface area contributed by atoms with E-state index in [0.29, 0.717) is 23.9 Å². The van der Waals surface area contributed by atoms with Gasteiger partial charge in [0.25, 0.3) is 0 Å². The summed E-state index contributed by atoms with van der Waals surface area (Å²) in [5, 5.41) is 11.8. The van der Waals surface area contributed by atoms with Crippen molar-refractivity contribution >= 4 is 49.1 Å². The van der Waals surface area contributed by atoms with Crippen molar-refractivity contribution in [3.05, 3.63) is 41.0 Å². The molecule has 3 fully saturated rings. The van der Waals surface area contributed by atoms with E-state index in [1.165, 1.54) is 20.0 Å². The van der Waals surface area contributed by atoms with Crippen LogP contribution in [-0.4, -0.2) is 84.4 Å². The number of likely N-dealkylation sites (tertiary alicyclic amines) is 1. The average molecular weight is 768 g/mol. The molecule has 0 spiro atoms. The first kappa shape index (κ1) is 39.8. The molecule has 0 radical (unpaired) electrons. The molecule has 17 heteroatoms. The lowest BCUT2D eigenvalue weighted by molar-refractivity contribution is -0.137. The van der Waals surface area contributed by atoms with Crippen molar-refractivity contribution in [2.24, 2.45) is 5.92 Å². The van der Waals surface area contributed by atoms with Gasteiger partial charge >= 0.3 is 12.2 Å². The summed E-state index contributed by atoms with van der Waals surface area (Å²) in [6, 6.07) is 4.75. The molecule has 7 rings (SSSR count). The molecule has 3 aliphatic heterocycles. The lowest BCUT2D eigenvalue weighted by Gasteiger charge is -2.18. The van der Waals surface area contributed by atoms with Gasteiger partial charge in [-0.2, -0.15) is 28.4 Å². The minimum absolute atomic E-state index is 0.0231. The van der Waals surface area contributed by atoms with Crippen LogP contribution in [0.25, 0.3) is 32.1 Å². The number of amides is 1. The highest BCUT2D eigenvalue weighted by Gasteiger charge is 2.38. The topological polar surface area (TPSA) is 120 Å². The highest BCUT2D eigenvalue weighted by molar-refractivity contribution is 7.23. The van der Waals surface area contributed by atoms with Crippen LogP contribution in [0, 0.1) is 28.9 Å². The monoisotopic (exact) mass is 767 g/mol. The van der Waals surface area contributed by atoms with Gasteiger partial charge in [0.1, 0.15) is 41.1 Å². The van der Waals surface area contributed by atoms with Gasteiger partial charge in [-0.05, 0) is 63.3 Å². The van der Waals surface area contributed by atoms with Crippen molar-refractivity contribution in [2.75, 3.05) is 57.6 Å². The number of halogens is 7. The summed E-state index contributed by atoms with van der Waals surface area (Å²) in [6.07, 6.45) is -0.0359. The number of alkyl halides is 5. The number of carbonyl (C=O) groups is 1. The lowest BCUT2D eigenvalue weighted by Crippen LogP contribution is -2.33. The van der Waals surface area contributed by atoms with Crippen molar-refractivity contribution < 1.29 is 40.3 Å². The second-order valence-electron chi connectivity index (χ2n) is 13.1. The van der Waals surface area contributed by atoms with Gasteiger partial charge in [-0.1, -0.05) is 13.0 Å². The maximum Gasteiger partial charge on any atom is 0.417 e. The number of fused-ring (bicyclic) bond motifs is 3. The number of nitrogens with one attached hydrogen (secondary N) is 1. The summed E-state index contributed by atoms with van der Waals surface area (Å²) < 4.78 is 102. The maximum absolute atomic E-state index is 15.9. The van der Waals surface area contributed by atoms with E-state index < -0.39 is 53.2 Å². The summed E-state index contributed by atoms with van der Waals surface area (Å²) >= 11 is 0.698. The van der Waals surface area contributed by atoms with E-state index >= 15 is 4.39 Å². The van der Waals surface area contributed by atoms with Crippen molar-refractivity contribution in [3.63, 3.8) is 0 Å². The Bertz CT molecular complexity index is 1980. The Morgan fingerprint density at radius 2 is 1.91 bits per heavy atom. The van der Waals surface area contributed by atoms with Gasteiger partial charge in [0.2, 0.25) is 5.91 Å². The zero-order valence-corrected chi connectivity index (χ0v) is 30.2. The first-order valence-electron chi connectivity index (χ1n) is 17.3. The van der Waals surface area contributed by atoms with Crippen LogP contribution < -0.4 is 15.8 Å². The van der Waals surface area contributed by atoms with Crippen molar-refractivity contribution in [3.8, 4) is 23.2 Å². The maximum atomic E-state index is 15.9. The van der Waals surface area contributed by atoms with Gasteiger partial charge in [0.05, 0.1) is 28.9 Å². The Kier molecular flexibility index (Phi) is 12.5. The Morgan fingerprint density at radius 1 is 1.19 bits per heavy atom. The zero-order valence-electron chi connectivity index (χ0n) is 29.4. The number of thiophene rings is 1. The standard InChI is InChI=1S/C21H14F5N5OS.C8H14FNO.C7H12FN/c1-3-29-19-9-6-11(21(24,25)26)14(15(23)16(9)30-20(31-19)32-2)8-4-5-12(22)17-13(8)10(7-27)18(28)33-17;1-7(6-9)8(11)10-4-2-3-5-10;8-6-4-7-2-1-3-9(7)5-6/h4-6H,3,28H2,1-2H3,(H,29,30,31);7H,2-6H2,1H3;6-7H,1-5H2. The summed E-state index contributed by atoms with van der Waals surface area (Å²) in [5.74, 6) is -2.61. The van der Waals surface area contributed by atoms with Gasteiger partial charge < -0.3 is 20.7 Å². The second kappa shape index (κ2) is 16.7. The molecule has 1 amide bonds. The molecular formula is C36H40F7N7O2S. The highest BCUT2D eigenvalue weighted by atomic mass is 32.1. The van der Waals surface area contributed by atoms with Gasteiger partial charge in [-0.25, -0.2) is 13.2 Å². The molecule has 3 N–H and O–H groups in total. The SMILES string of the molecule is CC(CF)C(=O)N1CCCC1.CCNc1nc(OC)nc2c(F)c(-c3ccc(F)c4sc(N)c(C#N)c34)c(C(F)(F)F)cc12.FC1CC2CCCN2C1. The molecule has 4 aromatic rings. The van der Waals surface area contributed by atoms with Gasteiger partial charge in [0, 0.05) is 48.6 Å². The second-order valence-corrected chi connectivity index (χ2v) is 14.1. The number of nitrogens with zero attached hydrogens (tertiary/aromatic N) is 5. The first-order chi connectivity index (χ1) is 25.2. The third-order valence-corrected chi connectivity index (χ3v) is 10.5. The molecule has 0 bridgehead atoms. The van der Waals surface area contributed by atoms with E-state index in [0.717, 1.165) is 57.1 Å². The van der Waals surface area contributed by atoms with Gasteiger partial charge in [0.15, 0.2) is 5.82 Å². The number of benzene rings is 2. The quantitative estimate of drug-likeness (QED) is 0.189. The lowest BCUT2D eigenvalue weighted by atomic mass is 9.92. The Labute approximate surface area is 305 Å². The van der Waals surface area contributed by atoms with Crippen molar-refractivity contribution in [1.29, 1.82) is 5.26 Å². The predicted octanol–water partition coefficient (Wildman–Crippen LogP) is 8.11. The van der Waals surface area contributed by atoms with Crippen LogP contribution in [0.15, 0.2) is 18.2 Å². The minimum atomic E-state index is -5.00. The highest BCUT2D eigenvalue weighted by Crippen LogP contribution is 2.47. The molecule has 3 aliphatic rings. The smallest absolute Gasteiger partial charge is 0.417 e. The Morgan fingerprint density at radius 3 is 2.51 bits per heavy atom. The van der Waals surface area contributed by atoms with E-state index in [4.69, 9.17) is 10.5 Å². The predicted molar refractivity (Wildman–Crippen MR) is 190 cm³/mol. The number of methoxy groups -OCH3 is 1. The van der Waals surface area contributed by atoms with Crippen LogP contribution in [0.1, 0.15) is 57.1 Å². The molecule has 5 heterocycles. The van der Waals surface area contributed by atoms with Crippen LogP contribution in [0.2, 0.25) is 0 Å². The normalized spacial score (nSPS) is 18.9. The largest absolute Gasteiger partial charge is 0.467 e. The van der Waals surface area contributed by atoms with E-state index in [9.17, 15) is 36.4 Å². The number of hydrogen-bond acceptors (Lipinski definition) is 9. The fourth-order valence-electron chi connectivity index (χ4n) is 6.94. The summed E-state index contributed by atoms with van der Waals surface area (Å²) in [6.45, 7) is 6.59. The van der Waals surface area contributed by atoms with Crippen molar-refractivity contribution in [1.82, 2.24) is 19.8 Å². The van der Waals surface area contributed by atoms with E-state index in [1.807, 2.05) is 0 Å². The number of aromatic nitrogens is 2. The fourth-order valence-corrected chi connectivity index (χ4v) is 7.89. The molecule has 9 nitrogen and oxygen atoms in total. The fraction of sp³-hybridized carbons (Fsp3) is 0.500. The number of anilines is 2. The Hall–Kier alpha value is -4.43. The minimum Gasteiger partial charge on any atom is -0.467 e. The number of nitrogens with two attached hydrogens (primary N) is 1.